The molecule has 3 heterocycles. The van der Waals surface area contributed by atoms with Crippen molar-refractivity contribution in [1.82, 2.24) is 14.8 Å². The van der Waals surface area contributed by atoms with Gasteiger partial charge in [0.05, 0.1) is 10.9 Å². The summed E-state index contributed by atoms with van der Waals surface area (Å²) in [6.07, 6.45) is 5.66. The number of thiazole rings is 1. The smallest absolute Gasteiger partial charge is 0.321 e. The average Bonchev–Trinajstić information content (AvgIpc) is 3.28. The normalized spacial score (nSPS) is 22.4. The molecule has 0 radical (unpaired) electrons. The van der Waals surface area contributed by atoms with Crippen molar-refractivity contribution in [2.24, 2.45) is 5.92 Å². The Morgan fingerprint density at radius 2 is 1.97 bits per heavy atom. The Hall–Kier alpha value is -2.41. The van der Waals surface area contributed by atoms with Crippen molar-refractivity contribution < 1.29 is 9.59 Å². The van der Waals surface area contributed by atoms with Gasteiger partial charge in [-0.05, 0) is 50.3 Å². The van der Waals surface area contributed by atoms with Crippen LogP contribution < -0.4 is 5.32 Å². The van der Waals surface area contributed by atoms with E-state index in [1.807, 2.05) is 47.7 Å². The summed E-state index contributed by atoms with van der Waals surface area (Å²) < 4.78 is 0. The lowest BCUT2D eigenvalue weighted by Crippen LogP contribution is -2.49. The molecule has 2 aliphatic heterocycles. The maximum absolute atomic E-state index is 13.2. The second-order valence-corrected chi connectivity index (χ2v) is 9.00. The molecule has 0 bridgehead atoms. The summed E-state index contributed by atoms with van der Waals surface area (Å²) in [6, 6.07) is 7.67. The van der Waals surface area contributed by atoms with Crippen LogP contribution in [0.3, 0.4) is 0 Å². The summed E-state index contributed by atoms with van der Waals surface area (Å²) in [6.45, 7) is 4.76. The molecule has 2 aromatic rings. The first-order valence-corrected chi connectivity index (χ1v) is 11.3. The number of amides is 3. The lowest BCUT2D eigenvalue weighted by molar-refractivity contribution is -0.138. The van der Waals surface area contributed by atoms with Crippen LogP contribution in [0, 0.1) is 12.8 Å². The fourth-order valence-corrected chi connectivity index (χ4v) is 5.13. The van der Waals surface area contributed by atoms with Crippen LogP contribution in [0.15, 0.2) is 35.8 Å². The lowest BCUT2D eigenvalue weighted by atomic mass is 9.93. The Morgan fingerprint density at radius 3 is 2.76 bits per heavy atom. The van der Waals surface area contributed by atoms with Crippen LogP contribution in [0.25, 0.3) is 0 Å². The standard InChI is InChI=1S/C22H28N4O2S/c1-16-5-2-8-19(13-16)24-22(28)26-11-4-7-18(15-26)21(27)25-10-3-6-17(14-25)20-23-9-12-29-20/h2,5,8-9,12-13,17-18H,3-4,6-7,10-11,14-15H2,1H3,(H,24,28). The van der Waals surface area contributed by atoms with Crippen LogP contribution in [0.4, 0.5) is 10.5 Å². The molecule has 154 valence electrons. The first-order valence-electron chi connectivity index (χ1n) is 10.4. The molecule has 1 N–H and O–H groups in total. The summed E-state index contributed by atoms with van der Waals surface area (Å²) in [5, 5.41) is 6.10. The number of benzene rings is 1. The van der Waals surface area contributed by atoms with Crippen molar-refractivity contribution in [3.63, 3.8) is 0 Å². The summed E-state index contributed by atoms with van der Waals surface area (Å²) >= 11 is 1.67. The Labute approximate surface area is 175 Å². The molecule has 2 fully saturated rings. The molecule has 6 nitrogen and oxygen atoms in total. The van der Waals surface area contributed by atoms with Crippen molar-refractivity contribution in [2.75, 3.05) is 31.5 Å². The highest BCUT2D eigenvalue weighted by Gasteiger charge is 2.34. The number of hydrogen-bond donors (Lipinski definition) is 1. The Bertz CT molecular complexity index is 854. The van der Waals surface area contributed by atoms with Gasteiger partial charge in [-0.25, -0.2) is 9.78 Å². The van der Waals surface area contributed by atoms with Crippen molar-refractivity contribution in [1.29, 1.82) is 0 Å². The summed E-state index contributed by atoms with van der Waals surface area (Å²) in [7, 11) is 0. The summed E-state index contributed by atoms with van der Waals surface area (Å²) in [5.74, 6) is 0.429. The minimum Gasteiger partial charge on any atom is -0.342 e. The molecule has 4 rings (SSSR count). The maximum atomic E-state index is 13.2. The molecule has 1 aromatic heterocycles. The van der Waals surface area contributed by atoms with E-state index in [1.165, 1.54) is 0 Å². The van der Waals surface area contributed by atoms with E-state index in [0.717, 1.165) is 55.0 Å². The van der Waals surface area contributed by atoms with Gasteiger partial charge in [0.2, 0.25) is 5.91 Å². The molecular formula is C22H28N4O2S. The molecule has 7 heteroatoms. The first-order chi connectivity index (χ1) is 14.1. The Balaban J connectivity index is 1.36. The molecular weight excluding hydrogens is 384 g/mol. The van der Waals surface area contributed by atoms with Crippen LogP contribution in [0.5, 0.6) is 0 Å². The fraction of sp³-hybridized carbons (Fsp3) is 0.500. The van der Waals surface area contributed by atoms with E-state index < -0.39 is 0 Å². The molecule has 3 amide bonds. The topological polar surface area (TPSA) is 65.5 Å². The highest BCUT2D eigenvalue weighted by molar-refractivity contribution is 7.09. The molecule has 1 aromatic carbocycles. The number of aryl methyl sites for hydroxylation is 1. The van der Waals surface area contributed by atoms with Gasteiger partial charge in [-0.15, -0.1) is 11.3 Å². The molecule has 0 aliphatic carbocycles. The number of likely N-dealkylation sites (tertiary alicyclic amines) is 2. The minimum absolute atomic E-state index is 0.109. The minimum atomic E-state index is -0.118. The van der Waals surface area contributed by atoms with Gasteiger partial charge in [-0.1, -0.05) is 12.1 Å². The predicted molar refractivity (Wildman–Crippen MR) is 115 cm³/mol. The van der Waals surface area contributed by atoms with Gasteiger partial charge < -0.3 is 15.1 Å². The lowest BCUT2D eigenvalue weighted by Gasteiger charge is -2.38. The van der Waals surface area contributed by atoms with E-state index in [0.29, 0.717) is 19.0 Å². The van der Waals surface area contributed by atoms with Crippen LogP contribution in [0.1, 0.15) is 42.2 Å². The Morgan fingerprint density at radius 1 is 1.14 bits per heavy atom. The zero-order chi connectivity index (χ0) is 20.2. The second kappa shape index (κ2) is 8.95. The SMILES string of the molecule is Cc1cccc(NC(=O)N2CCCC(C(=O)N3CCCC(c4nccs4)C3)C2)c1. The number of nitrogens with zero attached hydrogens (tertiary/aromatic N) is 3. The van der Waals surface area contributed by atoms with E-state index in [-0.39, 0.29) is 17.9 Å². The van der Waals surface area contributed by atoms with E-state index >= 15 is 0 Å². The third kappa shape index (κ3) is 4.78. The molecule has 0 saturated carbocycles. The number of hydrogen-bond acceptors (Lipinski definition) is 4. The van der Waals surface area contributed by atoms with Gasteiger partial charge in [0.1, 0.15) is 0 Å². The van der Waals surface area contributed by atoms with Crippen LogP contribution in [-0.4, -0.2) is 52.9 Å². The maximum Gasteiger partial charge on any atom is 0.321 e. The monoisotopic (exact) mass is 412 g/mol. The van der Waals surface area contributed by atoms with Gasteiger partial charge in [0.15, 0.2) is 0 Å². The number of anilines is 1. The summed E-state index contributed by atoms with van der Waals surface area (Å²) in [4.78, 5) is 34.1. The van der Waals surface area contributed by atoms with Crippen molar-refractivity contribution in [3.05, 3.63) is 46.4 Å². The van der Waals surface area contributed by atoms with E-state index in [2.05, 4.69) is 10.3 Å². The largest absolute Gasteiger partial charge is 0.342 e. The van der Waals surface area contributed by atoms with Gasteiger partial charge in [0.25, 0.3) is 0 Å². The summed E-state index contributed by atoms with van der Waals surface area (Å²) in [5.41, 5.74) is 1.90. The first kappa shape index (κ1) is 19.9. The van der Waals surface area contributed by atoms with Crippen LogP contribution >= 0.6 is 11.3 Å². The fourth-order valence-electron chi connectivity index (χ4n) is 4.36. The number of urea groups is 1. The molecule has 2 unspecified atom stereocenters. The second-order valence-electron chi connectivity index (χ2n) is 8.08. The Kier molecular flexibility index (Phi) is 6.13. The highest BCUT2D eigenvalue weighted by Crippen LogP contribution is 2.30. The van der Waals surface area contributed by atoms with Crippen LogP contribution in [-0.2, 0) is 4.79 Å². The molecule has 0 spiro atoms. The van der Waals surface area contributed by atoms with Crippen molar-refractivity contribution in [3.8, 4) is 0 Å². The van der Waals surface area contributed by atoms with Crippen molar-refractivity contribution >= 4 is 29.0 Å². The van der Waals surface area contributed by atoms with Crippen molar-refractivity contribution in [2.45, 2.75) is 38.5 Å². The third-order valence-electron chi connectivity index (χ3n) is 5.86. The number of carbonyl (C=O) groups excluding carboxylic acids is 2. The molecule has 2 aliphatic rings. The quantitative estimate of drug-likeness (QED) is 0.825. The molecule has 29 heavy (non-hydrogen) atoms. The number of nitrogens with one attached hydrogen (secondary N) is 1. The van der Waals surface area contributed by atoms with E-state index in [1.54, 1.807) is 16.2 Å². The zero-order valence-electron chi connectivity index (χ0n) is 16.8. The third-order valence-corrected chi connectivity index (χ3v) is 6.80. The molecule has 2 atom stereocenters. The van der Waals surface area contributed by atoms with Gasteiger partial charge in [-0.3, -0.25) is 4.79 Å². The highest BCUT2D eigenvalue weighted by atomic mass is 32.1. The number of piperidine rings is 2. The zero-order valence-corrected chi connectivity index (χ0v) is 17.7. The van der Waals surface area contributed by atoms with Crippen LogP contribution in [0.2, 0.25) is 0 Å². The number of aromatic nitrogens is 1. The van der Waals surface area contributed by atoms with E-state index in [4.69, 9.17) is 0 Å². The van der Waals surface area contributed by atoms with Gasteiger partial charge in [-0.2, -0.15) is 0 Å². The number of rotatable bonds is 3. The number of carbonyl (C=O) groups is 2. The molecule has 2 saturated heterocycles. The predicted octanol–water partition coefficient (Wildman–Crippen LogP) is 4.10. The average molecular weight is 413 g/mol. The van der Waals surface area contributed by atoms with Gasteiger partial charge >= 0.3 is 6.03 Å². The van der Waals surface area contributed by atoms with Gasteiger partial charge in [0, 0.05) is 49.4 Å². The van der Waals surface area contributed by atoms with E-state index in [9.17, 15) is 9.59 Å².